The van der Waals surface area contributed by atoms with Crippen LogP contribution in [0, 0.1) is 5.92 Å². The molecule has 2 aliphatic heterocycles. The zero-order valence-electron chi connectivity index (χ0n) is 13.4. The molecule has 0 aliphatic carbocycles. The Morgan fingerprint density at radius 2 is 1.79 bits per heavy atom. The summed E-state index contributed by atoms with van der Waals surface area (Å²) >= 11 is 0. The molecule has 0 spiro atoms. The number of hydrogen-bond donors (Lipinski definition) is 1. The molecule has 3 heteroatoms. The van der Waals surface area contributed by atoms with Crippen molar-refractivity contribution < 1.29 is 0 Å². The lowest BCUT2D eigenvalue weighted by molar-refractivity contribution is 0.143. The Morgan fingerprint density at radius 1 is 1.05 bits per heavy atom. The van der Waals surface area contributed by atoms with Gasteiger partial charge in [0.2, 0.25) is 0 Å². The Labute approximate surface area is 119 Å². The lowest BCUT2D eigenvalue weighted by Crippen LogP contribution is -2.45. The largest absolute Gasteiger partial charge is 0.314 e. The van der Waals surface area contributed by atoms with Crippen molar-refractivity contribution in [1.29, 1.82) is 0 Å². The zero-order valence-corrected chi connectivity index (χ0v) is 13.4. The fourth-order valence-electron chi connectivity index (χ4n) is 3.56. The van der Waals surface area contributed by atoms with Gasteiger partial charge in [-0.15, -0.1) is 0 Å². The van der Waals surface area contributed by atoms with E-state index in [2.05, 4.69) is 42.8 Å². The van der Waals surface area contributed by atoms with Crippen molar-refractivity contribution in [1.82, 2.24) is 15.1 Å². The van der Waals surface area contributed by atoms with Crippen LogP contribution in [-0.4, -0.2) is 60.6 Å². The molecule has 112 valence electrons. The van der Waals surface area contributed by atoms with Crippen LogP contribution in [0.2, 0.25) is 0 Å². The zero-order chi connectivity index (χ0) is 13.8. The molecule has 3 unspecified atom stereocenters. The Balaban J connectivity index is 1.85. The number of hydrogen-bond acceptors (Lipinski definition) is 3. The Hall–Kier alpha value is -0.120. The monoisotopic (exact) mass is 267 g/mol. The minimum atomic E-state index is 0.601. The van der Waals surface area contributed by atoms with Crippen LogP contribution in [0.25, 0.3) is 0 Å². The van der Waals surface area contributed by atoms with E-state index in [9.17, 15) is 0 Å². The lowest BCUT2D eigenvalue weighted by Gasteiger charge is -2.34. The highest BCUT2D eigenvalue weighted by molar-refractivity contribution is 4.87. The maximum absolute atomic E-state index is 3.59. The van der Waals surface area contributed by atoms with E-state index >= 15 is 0 Å². The second kappa shape index (κ2) is 7.05. The smallest absolute Gasteiger partial charge is 0.0223 e. The first-order valence-corrected chi connectivity index (χ1v) is 8.29. The van der Waals surface area contributed by atoms with Gasteiger partial charge in [-0.2, -0.15) is 0 Å². The normalized spacial score (nSPS) is 29.2. The van der Waals surface area contributed by atoms with Crippen LogP contribution in [0.1, 0.15) is 47.0 Å². The lowest BCUT2D eigenvalue weighted by atomic mass is 10.0. The average Bonchev–Trinajstić information content (AvgIpc) is 2.72. The van der Waals surface area contributed by atoms with Crippen molar-refractivity contribution in [3.63, 3.8) is 0 Å². The summed E-state index contributed by atoms with van der Waals surface area (Å²) < 4.78 is 0. The summed E-state index contributed by atoms with van der Waals surface area (Å²) in [5.74, 6) is 0.732. The predicted molar refractivity (Wildman–Crippen MR) is 82.5 cm³/mol. The number of rotatable bonds is 5. The molecule has 0 bridgehead atoms. The van der Waals surface area contributed by atoms with E-state index in [0.717, 1.165) is 18.5 Å². The van der Waals surface area contributed by atoms with Crippen LogP contribution in [0.5, 0.6) is 0 Å². The summed E-state index contributed by atoms with van der Waals surface area (Å²) in [5, 5.41) is 3.59. The standard InChI is InChI=1S/C16H33N3/c1-13(2)17-11-14(3)15(4)19-10-6-9-18-8-5-7-16(18)12-19/h13-17H,5-12H2,1-4H3. The predicted octanol–water partition coefficient (Wildman–Crippen LogP) is 2.18. The van der Waals surface area contributed by atoms with Gasteiger partial charge in [0.25, 0.3) is 0 Å². The van der Waals surface area contributed by atoms with Gasteiger partial charge in [0.1, 0.15) is 0 Å². The summed E-state index contributed by atoms with van der Waals surface area (Å²) in [4.78, 5) is 5.48. The van der Waals surface area contributed by atoms with Crippen molar-refractivity contribution in [2.75, 3.05) is 32.7 Å². The summed E-state index contributed by atoms with van der Waals surface area (Å²) in [5.41, 5.74) is 0. The highest BCUT2D eigenvalue weighted by Crippen LogP contribution is 2.23. The second-order valence-electron chi connectivity index (χ2n) is 6.96. The number of nitrogens with zero attached hydrogens (tertiary/aromatic N) is 2. The SMILES string of the molecule is CC(C)NCC(C)C(C)N1CCCN2CCCC2C1. The van der Waals surface area contributed by atoms with E-state index in [0.29, 0.717) is 12.1 Å². The molecule has 0 aromatic carbocycles. The van der Waals surface area contributed by atoms with Crippen LogP contribution in [0.4, 0.5) is 0 Å². The molecule has 2 rings (SSSR count). The maximum Gasteiger partial charge on any atom is 0.0223 e. The van der Waals surface area contributed by atoms with Crippen molar-refractivity contribution in [3.8, 4) is 0 Å². The minimum absolute atomic E-state index is 0.601. The Morgan fingerprint density at radius 3 is 2.53 bits per heavy atom. The van der Waals surface area contributed by atoms with Gasteiger partial charge in [-0.3, -0.25) is 9.80 Å². The first-order chi connectivity index (χ1) is 9.08. The molecular formula is C16H33N3. The molecule has 2 fully saturated rings. The minimum Gasteiger partial charge on any atom is -0.314 e. The van der Waals surface area contributed by atoms with Gasteiger partial charge in [0, 0.05) is 24.7 Å². The third-order valence-electron chi connectivity index (χ3n) is 5.08. The number of fused-ring (bicyclic) bond motifs is 1. The maximum atomic E-state index is 3.59. The Bertz CT molecular complexity index is 267. The third kappa shape index (κ3) is 4.17. The topological polar surface area (TPSA) is 18.5 Å². The van der Waals surface area contributed by atoms with E-state index in [4.69, 9.17) is 0 Å². The fraction of sp³-hybridized carbons (Fsp3) is 1.00. The van der Waals surface area contributed by atoms with Gasteiger partial charge in [0.05, 0.1) is 0 Å². The molecule has 0 aromatic heterocycles. The van der Waals surface area contributed by atoms with Crippen molar-refractivity contribution in [3.05, 3.63) is 0 Å². The highest BCUT2D eigenvalue weighted by atomic mass is 15.3. The summed E-state index contributed by atoms with van der Waals surface area (Å²) in [6.45, 7) is 15.7. The molecule has 19 heavy (non-hydrogen) atoms. The van der Waals surface area contributed by atoms with E-state index in [-0.39, 0.29) is 0 Å². The summed E-state index contributed by atoms with van der Waals surface area (Å²) in [6, 6.07) is 2.14. The molecule has 2 saturated heterocycles. The van der Waals surface area contributed by atoms with E-state index in [1.165, 1.54) is 45.4 Å². The second-order valence-corrected chi connectivity index (χ2v) is 6.96. The van der Waals surface area contributed by atoms with Crippen LogP contribution < -0.4 is 5.32 Å². The quantitative estimate of drug-likeness (QED) is 0.824. The highest BCUT2D eigenvalue weighted by Gasteiger charge is 2.31. The van der Waals surface area contributed by atoms with Gasteiger partial charge in [0.15, 0.2) is 0 Å². The number of nitrogens with one attached hydrogen (secondary N) is 1. The van der Waals surface area contributed by atoms with Gasteiger partial charge < -0.3 is 5.32 Å². The van der Waals surface area contributed by atoms with Crippen molar-refractivity contribution >= 4 is 0 Å². The third-order valence-corrected chi connectivity index (χ3v) is 5.08. The van der Waals surface area contributed by atoms with Crippen molar-refractivity contribution in [2.45, 2.75) is 65.1 Å². The van der Waals surface area contributed by atoms with Crippen molar-refractivity contribution in [2.24, 2.45) is 5.92 Å². The van der Waals surface area contributed by atoms with Crippen LogP contribution in [-0.2, 0) is 0 Å². The van der Waals surface area contributed by atoms with Gasteiger partial charge in [-0.25, -0.2) is 0 Å². The fourth-order valence-corrected chi connectivity index (χ4v) is 3.56. The van der Waals surface area contributed by atoms with Crippen LogP contribution in [0.15, 0.2) is 0 Å². The molecule has 3 atom stereocenters. The molecule has 2 aliphatic rings. The van der Waals surface area contributed by atoms with E-state index in [1.54, 1.807) is 0 Å². The molecule has 0 aromatic rings. The van der Waals surface area contributed by atoms with Gasteiger partial charge in [-0.1, -0.05) is 20.8 Å². The molecule has 0 saturated carbocycles. The summed E-state index contributed by atoms with van der Waals surface area (Å²) in [7, 11) is 0. The van der Waals surface area contributed by atoms with E-state index < -0.39 is 0 Å². The molecule has 2 heterocycles. The van der Waals surface area contributed by atoms with Crippen LogP contribution >= 0.6 is 0 Å². The van der Waals surface area contributed by atoms with Gasteiger partial charge >= 0.3 is 0 Å². The molecule has 0 amide bonds. The average molecular weight is 267 g/mol. The first-order valence-electron chi connectivity index (χ1n) is 8.29. The molecule has 0 radical (unpaired) electrons. The van der Waals surface area contributed by atoms with Crippen LogP contribution in [0.3, 0.4) is 0 Å². The van der Waals surface area contributed by atoms with Gasteiger partial charge in [-0.05, 0) is 58.3 Å². The molecule has 3 nitrogen and oxygen atoms in total. The Kier molecular flexibility index (Phi) is 5.67. The first kappa shape index (κ1) is 15.3. The molecular weight excluding hydrogens is 234 g/mol. The molecule has 1 N–H and O–H groups in total. The summed E-state index contributed by atoms with van der Waals surface area (Å²) in [6.07, 6.45) is 4.18. The van der Waals surface area contributed by atoms with E-state index in [1.807, 2.05) is 0 Å².